The molecule has 0 bridgehead atoms. The molecule has 80 valence electrons. The fraction of sp³-hybridized carbons (Fsp3) is 0.100. The summed E-state index contributed by atoms with van der Waals surface area (Å²) >= 11 is 7.36. The van der Waals surface area contributed by atoms with E-state index in [0.717, 1.165) is 11.0 Å². The van der Waals surface area contributed by atoms with Crippen LogP contribution in [0, 0.1) is 0 Å². The molecule has 3 N–H and O–H groups in total. The lowest BCUT2D eigenvalue weighted by Gasteiger charge is -2.02. The van der Waals surface area contributed by atoms with Gasteiger partial charge >= 0.3 is 5.97 Å². The van der Waals surface area contributed by atoms with Crippen LogP contribution in [0.2, 0.25) is 5.02 Å². The van der Waals surface area contributed by atoms with Gasteiger partial charge in [-0.25, -0.2) is 4.79 Å². The highest BCUT2D eigenvalue weighted by molar-refractivity contribution is 7.99. The number of halogens is 1. The molecule has 0 heterocycles. The van der Waals surface area contributed by atoms with Crippen molar-refractivity contribution in [2.75, 3.05) is 11.5 Å². The molecular weight excluding hydrogens is 234 g/mol. The van der Waals surface area contributed by atoms with Crippen molar-refractivity contribution in [3.63, 3.8) is 0 Å². The number of hydrogen-bond donors (Lipinski definition) is 2. The van der Waals surface area contributed by atoms with Crippen molar-refractivity contribution >= 4 is 35.0 Å². The maximum atomic E-state index is 10.2. The topological polar surface area (TPSA) is 63.3 Å². The summed E-state index contributed by atoms with van der Waals surface area (Å²) in [5, 5.41) is 8.99. The second-order valence-electron chi connectivity index (χ2n) is 2.74. The summed E-state index contributed by atoms with van der Waals surface area (Å²) in [5.41, 5.74) is 6.24. The molecule has 0 unspecified atom stereocenters. The number of thioether (sulfide) groups is 1. The third-order valence-electron chi connectivity index (χ3n) is 1.55. The van der Waals surface area contributed by atoms with Crippen LogP contribution >= 0.6 is 23.4 Å². The third-order valence-corrected chi connectivity index (χ3v) is 3.00. The Hall–Kier alpha value is -1.13. The van der Waals surface area contributed by atoms with Crippen LogP contribution in [0.3, 0.4) is 0 Å². The van der Waals surface area contributed by atoms with Crippen molar-refractivity contribution in [2.45, 2.75) is 4.90 Å². The number of anilines is 1. The Balaban J connectivity index is 2.57. The Morgan fingerprint density at radius 2 is 2.33 bits per heavy atom. The minimum Gasteiger partial charge on any atom is -0.478 e. The molecule has 1 rings (SSSR count). The normalized spacial score (nSPS) is 10.7. The third kappa shape index (κ3) is 4.27. The molecule has 5 heteroatoms. The number of benzene rings is 1. The number of nitrogen functional groups attached to an aromatic ring is 1. The highest BCUT2D eigenvalue weighted by atomic mass is 35.5. The van der Waals surface area contributed by atoms with Gasteiger partial charge in [0.05, 0.1) is 5.02 Å². The quantitative estimate of drug-likeness (QED) is 0.485. The summed E-state index contributed by atoms with van der Waals surface area (Å²) in [4.78, 5) is 11.0. The molecule has 0 aliphatic carbocycles. The zero-order chi connectivity index (χ0) is 11.3. The summed E-state index contributed by atoms with van der Waals surface area (Å²) in [7, 11) is 0. The molecule has 0 atom stereocenters. The molecule has 0 aromatic heterocycles. The molecule has 1 aromatic carbocycles. The standard InChI is InChI=1S/C10H10ClNO2S/c11-8-4-3-7(12)6-9(8)15-5-1-2-10(13)14/h1-4,6H,5,12H2,(H,13,14)/b2-1+. The monoisotopic (exact) mass is 243 g/mol. The summed E-state index contributed by atoms with van der Waals surface area (Å²) < 4.78 is 0. The van der Waals surface area contributed by atoms with E-state index in [1.54, 1.807) is 24.3 Å². The zero-order valence-electron chi connectivity index (χ0n) is 7.81. The largest absolute Gasteiger partial charge is 0.478 e. The average molecular weight is 244 g/mol. The SMILES string of the molecule is Nc1ccc(Cl)c(SC/C=C/C(=O)O)c1. The van der Waals surface area contributed by atoms with E-state index in [0.29, 0.717) is 16.5 Å². The van der Waals surface area contributed by atoms with Gasteiger partial charge in [-0.1, -0.05) is 17.7 Å². The molecule has 0 amide bonds. The molecule has 0 saturated heterocycles. The Bertz CT molecular complexity index is 393. The van der Waals surface area contributed by atoms with E-state index in [1.165, 1.54) is 11.8 Å². The Morgan fingerprint density at radius 3 is 3.00 bits per heavy atom. The zero-order valence-corrected chi connectivity index (χ0v) is 9.39. The van der Waals surface area contributed by atoms with Gasteiger partial charge in [-0.05, 0) is 18.2 Å². The summed E-state index contributed by atoms with van der Waals surface area (Å²) in [6.45, 7) is 0. The van der Waals surface area contributed by atoms with Gasteiger partial charge in [0.2, 0.25) is 0 Å². The van der Waals surface area contributed by atoms with Crippen molar-refractivity contribution in [1.82, 2.24) is 0 Å². The smallest absolute Gasteiger partial charge is 0.328 e. The van der Waals surface area contributed by atoms with Crippen molar-refractivity contribution in [2.24, 2.45) is 0 Å². The van der Waals surface area contributed by atoms with Gasteiger partial charge in [-0.15, -0.1) is 11.8 Å². The fourth-order valence-electron chi connectivity index (χ4n) is 0.917. The van der Waals surface area contributed by atoms with Crippen LogP contribution in [0.15, 0.2) is 35.2 Å². The predicted octanol–water partition coefficient (Wildman–Crippen LogP) is 2.66. The van der Waals surface area contributed by atoms with Crippen LogP contribution in [0.25, 0.3) is 0 Å². The molecule has 0 saturated carbocycles. The van der Waals surface area contributed by atoms with Crippen molar-refractivity contribution in [3.05, 3.63) is 35.4 Å². The lowest BCUT2D eigenvalue weighted by molar-refractivity contribution is -0.131. The van der Waals surface area contributed by atoms with Crippen LogP contribution in [0.4, 0.5) is 5.69 Å². The van der Waals surface area contributed by atoms with Gasteiger partial charge < -0.3 is 10.8 Å². The van der Waals surface area contributed by atoms with Gasteiger partial charge in [0.25, 0.3) is 0 Å². The fourth-order valence-corrected chi connectivity index (χ4v) is 2.00. The summed E-state index contributed by atoms with van der Waals surface area (Å²) in [6.07, 6.45) is 2.67. The van der Waals surface area contributed by atoms with Gasteiger partial charge in [-0.2, -0.15) is 0 Å². The van der Waals surface area contributed by atoms with Crippen molar-refractivity contribution < 1.29 is 9.90 Å². The number of hydrogen-bond acceptors (Lipinski definition) is 3. The molecule has 0 aliphatic heterocycles. The van der Waals surface area contributed by atoms with E-state index < -0.39 is 5.97 Å². The Labute approximate surface area is 96.9 Å². The number of carbonyl (C=O) groups is 1. The molecule has 0 spiro atoms. The maximum Gasteiger partial charge on any atom is 0.328 e. The predicted molar refractivity (Wildman–Crippen MR) is 63.4 cm³/mol. The number of rotatable bonds is 4. The number of aliphatic carboxylic acids is 1. The molecule has 15 heavy (non-hydrogen) atoms. The number of carboxylic acids is 1. The van der Waals surface area contributed by atoms with Crippen molar-refractivity contribution in [1.29, 1.82) is 0 Å². The number of carboxylic acid groups (broad SMARTS) is 1. The first-order valence-electron chi connectivity index (χ1n) is 4.17. The highest BCUT2D eigenvalue weighted by Gasteiger charge is 2.00. The van der Waals surface area contributed by atoms with E-state index in [9.17, 15) is 4.79 Å². The molecule has 0 fully saturated rings. The van der Waals surface area contributed by atoms with Crippen LogP contribution in [-0.4, -0.2) is 16.8 Å². The minimum atomic E-state index is -0.950. The summed E-state index contributed by atoms with van der Waals surface area (Å²) in [5.74, 6) is -0.399. The van der Waals surface area contributed by atoms with E-state index in [4.69, 9.17) is 22.4 Å². The first-order chi connectivity index (χ1) is 7.09. The molecular formula is C10H10ClNO2S. The summed E-state index contributed by atoms with van der Waals surface area (Å²) in [6, 6.07) is 5.21. The van der Waals surface area contributed by atoms with E-state index in [-0.39, 0.29) is 0 Å². The van der Waals surface area contributed by atoms with Gasteiger partial charge in [0, 0.05) is 22.4 Å². The van der Waals surface area contributed by atoms with Crippen molar-refractivity contribution in [3.8, 4) is 0 Å². The second-order valence-corrected chi connectivity index (χ2v) is 4.21. The first kappa shape index (κ1) is 11.9. The average Bonchev–Trinajstić information content (AvgIpc) is 2.17. The first-order valence-corrected chi connectivity index (χ1v) is 5.53. The van der Waals surface area contributed by atoms with Crippen LogP contribution in [-0.2, 0) is 4.79 Å². The van der Waals surface area contributed by atoms with E-state index in [2.05, 4.69) is 0 Å². The van der Waals surface area contributed by atoms with Gasteiger partial charge in [0.15, 0.2) is 0 Å². The van der Waals surface area contributed by atoms with E-state index >= 15 is 0 Å². The Morgan fingerprint density at radius 1 is 1.60 bits per heavy atom. The maximum absolute atomic E-state index is 10.2. The van der Waals surface area contributed by atoms with Gasteiger partial charge in [0.1, 0.15) is 0 Å². The second kappa shape index (κ2) is 5.68. The molecule has 0 radical (unpaired) electrons. The van der Waals surface area contributed by atoms with Crippen LogP contribution in [0.5, 0.6) is 0 Å². The van der Waals surface area contributed by atoms with Gasteiger partial charge in [-0.3, -0.25) is 0 Å². The highest BCUT2D eigenvalue weighted by Crippen LogP contribution is 2.28. The molecule has 3 nitrogen and oxygen atoms in total. The van der Waals surface area contributed by atoms with E-state index in [1.807, 2.05) is 0 Å². The number of nitrogens with two attached hydrogens (primary N) is 1. The molecule has 1 aromatic rings. The van der Waals surface area contributed by atoms with Crippen LogP contribution in [0.1, 0.15) is 0 Å². The lowest BCUT2D eigenvalue weighted by atomic mass is 10.3. The Kier molecular flexibility index (Phi) is 4.52. The minimum absolute atomic E-state index is 0.551. The molecule has 0 aliphatic rings. The van der Waals surface area contributed by atoms with Crippen LogP contribution < -0.4 is 5.73 Å². The lowest BCUT2D eigenvalue weighted by Crippen LogP contribution is -1.87.